The van der Waals surface area contributed by atoms with Gasteiger partial charge in [-0.15, -0.1) is 6.58 Å². The molecule has 0 aliphatic heterocycles. The molecule has 4 nitrogen and oxygen atoms in total. The minimum atomic E-state index is -1.00. The van der Waals surface area contributed by atoms with E-state index in [0.717, 1.165) is 5.56 Å². The molecule has 0 radical (unpaired) electrons. The fourth-order valence-corrected chi connectivity index (χ4v) is 1.37. The van der Waals surface area contributed by atoms with Gasteiger partial charge in [0.15, 0.2) is 0 Å². The summed E-state index contributed by atoms with van der Waals surface area (Å²) in [6.45, 7) is 5.18. The second-order valence-electron chi connectivity index (χ2n) is 3.78. The first kappa shape index (κ1) is 12.2. The van der Waals surface area contributed by atoms with Crippen LogP contribution in [0.15, 0.2) is 31.0 Å². The van der Waals surface area contributed by atoms with Crippen LogP contribution in [-0.2, 0) is 11.2 Å². The molecule has 0 saturated carbocycles. The number of methoxy groups -OCH3 is 1. The number of hydrogen-bond donors (Lipinski definition) is 1. The average Bonchev–Trinajstić information content (AvgIpc) is 2.29. The maximum atomic E-state index is 11.1. The molecule has 16 heavy (non-hydrogen) atoms. The predicted octanol–water partition coefficient (Wildman–Crippen LogP) is 1.91. The predicted molar refractivity (Wildman–Crippen MR) is 60.4 cm³/mol. The Hall–Kier alpha value is -1.84. The minimum Gasteiger partial charge on any atom is -0.481 e. The normalized spacial score (nSPS) is 13.9. The minimum absolute atomic E-state index is 0.308. The number of pyridine rings is 1. The van der Waals surface area contributed by atoms with Crippen molar-refractivity contribution in [3.05, 3.63) is 36.5 Å². The summed E-state index contributed by atoms with van der Waals surface area (Å²) in [4.78, 5) is 15.1. The van der Waals surface area contributed by atoms with Crippen LogP contribution in [0.2, 0.25) is 0 Å². The maximum absolute atomic E-state index is 11.1. The maximum Gasteiger partial charge on any atom is 0.313 e. The molecule has 1 aromatic heterocycles. The number of ether oxygens (including phenoxy) is 1. The van der Waals surface area contributed by atoms with Crippen LogP contribution in [0.1, 0.15) is 12.5 Å². The van der Waals surface area contributed by atoms with E-state index < -0.39 is 11.4 Å². The SMILES string of the molecule is C=CC(C)(Cc1cccnc1OC)C(=O)O. The number of nitrogens with zero attached hydrogens (tertiary/aromatic N) is 1. The molecule has 1 atom stereocenters. The number of carbonyl (C=O) groups is 1. The topological polar surface area (TPSA) is 59.4 Å². The number of carboxylic acids is 1. The summed E-state index contributed by atoms with van der Waals surface area (Å²) >= 11 is 0. The lowest BCUT2D eigenvalue weighted by Gasteiger charge is -2.20. The van der Waals surface area contributed by atoms with E-state index in [4.69, 9.17) is 9.84 Å². The van der Waals surface area contributed by atoms with Crippen molar-refractivity contribution >= 4 is 5.97 Å². The summed E-state index contributed by atoms with van der Waals surface area (Å²) in [6.07, 6.45) is 3.35. The Kier molecular flexibility index (Phi) is 3.66. The van der Waals surface area contributed by atoms with E-state index in [1.807, 2.05) is 0 Å². The highest BCUT2D eigenvalue weighted by Gasteiger charge is 2.30. The molecular formula is C12H15NO3. The Balaban J connectivity index is 3.03. The Morgan fingerprint density at radius 1 is 1.75 bits per heavy atom. The van der Waals surface area contributed by atoms with Crippen LogP contribution < -0.4 is 4.74 Å². The van der Waals surface area contributed by atoms with Gasteiger partial charge in [0.2, 0.25) is 5.88 Å². The van der Waals surface area contributed by atoms with Gasteiger partial charge in [-0.05, 0) is 19.4 Å². The first-order valence-electron chi connectivity index (χ1n) is 4.88. The van der Waals surface area contributed by atoms with Gasteiger partial charge >= 0.3 is 5.97 Å². The summed E-state index contributed by atoms with van der Waals surface area (Å²) in [6, 6.07) is 3.56. The van der Waals surface area contributed by atoms with E-state index in [1.54, 1.807) is 25.3 Å². The van der Waals surface area contributed by atoms with Crippen molar-refractivity contribution in [1.82, 2.24) is 4.98 Å². The number of carboxylic acid groups (broad SMARTS) is 1. The van der Waals surface area contributed by atoms with E-state index in [9.17, 15) is 4.79 Å². The third-order valence-electron chi connectivity index (χ3n) is 2.54. The average molecular weight is 221 g/mol. The van der Waals surface area contributed by atoms with E-state index in [0.29, 0.717) is 12.3 Å². The molecule has 0 amide bonds. The third kappa shape index (κ3) is 2.39. The molecular weight excluding hydrogens is 206 g/mol. The smallest absolute Gasteiger partial charge is 0.313 e. The zero-order valence-electron chi connectivity index (χ0n) is 9.43. The van der Waals surface area contributed by atoms with Crippen LogP contribution in [0.5, 0.6) is 5.88 Å². The molecule has 0 saturated heterocycles. The lowest BCUT2D eigenvalue weighted by molar-refractivity contribution is -0.145. The third-order valence-corrected chi connectivity index (χ3v) is 2.54. The fourth-order valence-electron chi connectivity index (χ4n) is 1.37. The van der Waals surface area contributed by atoms with Gasteiger partial charge in [-0.2, -0.15) is 0 Å². The van der Waals surface area contributed by atoms with Gasteiger partial charge in [0.25, 0.3) is 0 Å². The highest BCUT2D eigenvalue weighted by Crippen LogP contribution is 2.27. The van der Waals surface area contributed by atoms with Crippen molar-refractivity contribution in [2.75, 3.05) is 7.11 Å². The molecule has 1 rings (SSSR count). The quantitative estimate of drug-likeness (QED) is 0.771. The van der Waals surface area contributed by atoms with Gasteiger partial charge in [0, 0.05) is 11.8 Å². The lowest BCUT2D eigenvalue weighted by Crippen LogP contribution is -2.27. The van der Waals surface area contributed by atoms with Gasteiger partial charge < -0.3 is 9.84 Å². The lowest BCUT2D eigenvalue weighted by atomic mass is 9.84. The van der Waals surface area contributed by atoms with Crippen LogP contribution >= 0.6 is 0 Å². The molecule has 86 valence electrons. The molecule has 0 aliphatic carbocycles. The highest BCUT2D eigenvalue weighted by atomic mass is 16.5. The Labute approximate surface area is 94.6 Å². The molecule has 0 spiro atoms. The van der Waals surface area contributed by atoms with Crippen molar-refractivity contribution < 1.29 is 14.6 Å². The molecule has 0 aromatic carbocycles. The van der Waals surface area contributed by atoms with Gasteiger partial charge in [0.05, 0.1) is 12.5 Å². The molecule has 1 heterocycles. The summed E-state index contributed by atoms with van der Waals surface area (Å²) in [5.41, 5.74) is -0.245. The zero-order chi connectivity index (χ0) is 12.2. The fraction of sp³-hybridized carbons (Fsp3) is 0.333. The first-order valence-corrected chi connectivity index (χ1v) is 4.88. The van der Waals surface area contributed by atoms with Crippen LogP contribution in [0.25, 0.3) is 0 Å². The Morgan fingerprint density at radius 3 is 2.94 bits per heavy atom. The molecule has 0 fully saturated rings. The number of hydrogen-bond acceptors (Lipinski definition) is 3. The van der Waals surface area contributed by atoms with Gasteiger partial charge in [0.1, 0.15) is 0 Å². The van der Waals surface area contributed by atoms with Crippen molar-refractivity contribution in [3.63, 3.8) is 0 Å². The number of aromatic nitrogens is 1. The van der Waals surface area contributed by atoms with Crippen molar-refractivity contribution in [2.24, 2.45) is 5.41 Å². The monoisotopic (exact) mass is 221 g/mol. The van der Waals surface area contributed by atoms with Crippen molar-refractivity contribution in [1.29, 1.82) is 0 Å². The second kappa shape index (κ2) is 4.79. The Morgan fingerprint density at radius 2 is 2.44 bits per heavy atom. The standard InChI is InChI=1S/C12H15NO3/c1-4-12(2,11(14)15)8-9-6-5-7-13-10(9)16-3/h4-7H,1,8H2,2-3H3,(H,14,15). The summed E-state index contributed by atoms with van der Waals surface area (Å²) in [5, 5.41) is 9.12. The summed E-state index contributed by atoms with van der Waals surface area (Å²) in [5.74, 6) is -0.453. The summed E-state index contributed by atoms with van der Waals surface area (Å²) in [7, 11) is 1.51. The molecule has 1 aromatic rings. The van der Waals surface area contributed by atoms with Crippen molar-refractivity contribution in [2.45, 2.75) is 13.3 Å². The highest BCUT2D eigenvalue weighted by molar-refractivity contribution is 5.77. The van der Waals surface area contributed by atoms with Gasteiger partial charge in [-0.1, -0.05) is 12.1 Å². The largest absolute Gasteiger partial charge is 0.481 e. The Bertz CT molecular complexity index is 403. The summed E-state index contributed by atoms with van der Waals surface area (Å²) < 4.78 is 5.08. The van der Waals surface area contributed by atoms with Gasteiger partial charge in [-0.25, -0.2) is 4.98 Å². The number of rotatable bonds is 5. The van der Waals surface area contributed by atoms with Crippen LogP contribution in [0.3, 0.4) is 0 Å². The van der Waals surface area contributed by atoms with E-state index >= 15 is 0 Å². The van der Waals surface area contributed by atoms with Gasteiger partial charge in [-0.3, -0.25) is 4.79 Å². The van der Waals surface area contributed by atoms with E-state index in [1.165, 1.54) is 13.2 Å². The molecule has 4 heteroatoms. The van der Waals surface area contributed by atoms with E-state index in [2.05, 4.69) is 11.6 Å². The molecule has 0 bridgehead atoms. The van der Waals surface area contributed by atoms with Crippen LogP contribution in [-0.4, -0.2) is 23.2 Å². The zero-order valence-corrected chi connectivity index (χ0v) is 9.43. The van der Waals surface area contributed by atoms with Crippen molar-refractivity contribution in [3.8, 4) is 5.88 Å². The van der Waals surface area contributed by atoms with Crippen LogP contribution in [0.4, 0.5) is 0 Å². The molecule has 0 aliphatic rings. The van der Waals surface area contributed by atoms with Crippen LogP contribution in [0, 0.1) is 5.41 Å². The van der Waals surface area contributed by atoms with E-state index in [-0.39, 0.29) is 0 Å². The number of aliphatic carboxylic acids is 1. The second-order valence-corrected chi connectivity index (χ2v) is 3.78. The molecule has 1 N–H and O–H groups in total. The first-order chi connectivity index (χ1) is 7.53. The molecule has 1 unspecified atom stereocenters.